The van der Waals surface area contributed by atoms with Crippen LogP contribution in [0.2, 0.25) is 0 Å². The lowest BCUT2D eigenvalue weighted by atomic mass is 10.2. The molecule has 0 aliphatic carbocycles. The third-order valence-corrected chi connectivity index (χ3v) is 4.63. The second kappa shape index (κ2) is 6.08. The van der Waals surface area contributed by atoms with Crippen LogP contribution >= 0.6 is 15.9 Å². The van der Waals surface area contributed by atoms with Gasteiger partial charge in [-0.05, 0) is 30.7 Å². The Morgan fingerprint density at radius 1 is 1.43 bits per heavy atom. The number of nitrogens with zero attached hydrogens (tertiary/aromatic N) is 1. The molecule has 112 valence electrons. The predicted octanol–water partition coefficient (Wildman–Crippen LogP) is 2.58. The number of aromatic nitrogens is 1. The molecule has 1 aromatic heterocycles. The van der Waals surface area contributed by atoms with Gasteiger partial charge in [-0.1, -0.05) is 15.9 Å². The van der Waals surface area contributed by atoms with Crippen LogP contribution in [0.3, 0.4) is 0 Å². The van der Waals surface area contributed by atoms with E-state index in [1.54, 1.807) is 6.92 Å². The van der Waals surface area contributed by atoms with E-state index in [2.05, 4.69) is 25.6 Å². The van der Waals surface area contributed by atoms with E-state index in [-0.39, 0.29) is 5.56 Å². The summed E-state index contributed by atoms with van der Waals surface area (Å²) >= 11 is 3.10. The number of benzene rings is 1. The summed E-state index contributed by atoms with van der Waals surface area (Å²) in [4.78, 5) is 3.33. The average molecular weight is 375 g/mol. The van der Waals surface area contributed by atoms with Crippen molar-refractivity contribution in [2.24, 2.45) is 0 Å². The Morgan fingerprint density at radius 3 is 2.76 bits per heavy atom. The third kappa shape index (κ3) is 3.39. The monoisotopic (exact) mass is 374 g/mol. The topological polar surface area (TPSA) is 79.3 Å². The van der Waals surface area contributed by atoms with Gasteiger partial charge in [0.15, 0.2) is 0 Å². The normalized spacial score (nSPS) is 11.4. The highest BCUT2D eigenvalue weighted by atomic mass is 79.9. The first-order valence-corrected chi connectivity index (χ1v) is 8.15. The Bertz CT molecular complexity index is 781. The Labute approximate surface area is 130 Å². The van der Waals surface area contributed by atoms with Crippen LogP contribution in [-0.4, -0.2) is 18.5 Å². The average Bonchev–Trinajstić information content (AvgIpc) is 2.43. The number of sulfonamides is 1. The van der Waals surface area contributed by atoms with Gasteiger partial charge >= 0.3 is 0 Å². The van der Waals surface area contributed by atoms with Gasteiger partial charge in [0, 0.05) is 22.4 Å². The molecule has 8 heteroatoms. The van der Waals surface area contributed by atoms with Crippen LogP contribution in [0.1, 0.15) is 11.1 Å². The van der Waals surface area contributed by atoms with E-state index in [1.807, 2.05) is 0 Å². The summed E-state index contributed by atoms with van der Waals surface area (Å²) in [6.45, 7) is 1.09. The van der Waals surface area contributed by atoms with Gasteiger partial charge in [0.2, 0.25) is 0 Å². The smallest absolute Gasteiger partial charge is 0.264 e. The van der Waals surface area contributed by atoms with E-state index >= 15 is 0 Å². The fourth-order valence-electron chi connectivity index (χ4n) is 1.72. The Hall–Kier alpha value is -1.51. The number of anilines is 1. The summed E-state index contributed by atoms with van der Waals surface area (Å²) in [7, 11) is -4.12. The Kier molecular flexibility index (Phi) is 4.60. The molecule has 0 amide bonds. The molecule has 5 nitrogen and oxygen atoms in total. The van der Waals surface area contributed by atoms with Crippen molar-refractivity contribution < 1.29 is 17.9 Å². The molecule has 1 aromatic carbocycles. The number of halogens is 2. The standard InChI is InChI=1S/C13H12BrFN2O3S/c1-8-6-16-3-2-11(8)17-21(19,20)12-5-10(14)4-9(7-18)13(12)15/h2-6,18H,7H2,1H3,(H,16,17). The van der Waals surface area contributed by atoms with E-state index in [0.29, 0.717) is 15.7 Å². The summed E-state index contributed by atoms with van der Waals surface area (Å²) < 4.78 is 41.5. The number of pyridine rings is 1. The fourth-order valence-corrected chi connectivity index (χ4v) is 3.65. The second-order valence-corrected chi connectivity index (χ2v) is 6.90. The maximum absolute atomic E-state index is 14.1. The number of rotatable bonds is 4. The molecule has 0 unspecified atom stereocenters. The van der Waals surface area contributed by atoms with Gasteiger partial charge in [-0.15, -0.1) is 0 Å². The van der Waals surface area contributed by atoms with Crippen LogP contribution < -0.4 is 4.72 Å². The molecule has 0 aliphatic rings. The number of hydrogen-bond donors (Lipinski definition) is 2. The summed E-state index contributed by atoms with van der Waals surface area (Å²) in [5.41, 5.74) is 0.824. The van der Waals surface area contributed by atoms with Crippen molar-refractivity contribution in [2.45, 2.75) is 18.4 Å². The molecule has 0 aliphatic heterocycles. The lowest BCUT2D eigenvalue weighted by Gasteiger charge is -2.12. The molecule has 0 spiro atoms. The summed E-state index contributed by atoms with van der Waals surface area (Å²) in [5, 5.41) is 9.08. The van der Waals surface area contributed by atoms with Gasteiger partial charge in [-0.25, -0.2) is 12.8 Å². The maximum Gasteiger partial charge on any atom is 0.264 e. The van der Waals surface area contributed by atoms with Crippen LogP contribution in [0.15, 0.2) is 40.0 Å². The third-order valence-electron chi connectivity index (χ3n) is 2.80. The van der Waals surface area contributed by atoms with Crippen molar-refractivity contribution in [3.8, 4) is 0 Å². The van der Waals surface area contributed by atoms with E-state index in [9.17, 15) is 12.8 Å². The summed E-state index contributed by atoms with van der Waals surface area (Å²) in [5.74, 6) is -0.972. The number of aliphatic hydroxyl groups is 1. The molecule has 0 bridgehead atoms. The molecule has 0 fully saturated rings. The van der Waals surface area contributed by atoms with Crippen molar-refractivity contribution in [3.05, 3.63) is 52.0 Å². The number of hydrogen-bond acceptors (Lipinski definition) is 4. The highest BCUT2D eigenvalue weighted by molar-refractivity contribution is 9.10. The summed E-state index contributed by atoms with van der Waals surface area (Å²) in [6, 6.07) is 3.95. The molecule has 0 radical (unpaired) electrons. The largest absolute Gasteiger partial charge is 0.392 e. The molecule has 2 N–H and O–H groups in total. The number of nitrogens with one attached hydrogen (secondary N) is 1. The van der Waals surface area contributed by atoms with E-state index in [1.165, 1.54) is 24.5 Å². The van der Waals surface area contributed by atoms with Crippen molar-refractivity contribution >= 4 is 31.6 Å². The molecule has 2 rings (SSSR count). The van der Waals surface area contributed by atoms with Crippen LogP contribution in [-0.2, 0) is 16.6 Å². The van der Waals surface area contributed by atoms with E-state index in [4.69, 9.17) is 5.11 Å². The quantitative estimate of drug-likeness (QED) is 0.861. The number of aliphatic hydroxyl groups excluding tert-OH is 1. The minimum absolute atomic E-state index is 0.101. The van der Waals surface area contributed by atoms with Crippen LogP contribution in [0, 0.1) is 12.7 Å². The van der Waals surface area contributed by atoms with Crippen molar-refractivity contribution in [1.82, 2.24) is 4.98 Å². The molecule has 0 saturated heterocycles. The van der Waals surface area contributed by atoms with Gasteiger partial charge in [0.1, 0.15) is 10.7 Å². The van der Waals surface area contributed by atoms with Crippen LogP contribution in [0.5, 0.6) is 0 Å². The Morgan fingerprint density at radius 2 is 2.14 bits per heavy atom. The zero-order valence-electron chi connectivity index (χ0n) is 11.0. The van der Waals surface area contributed by atoms with Gasteiger partial charge in [0.25, 0.3) is 10.0 Å². The zero-order valence-corrected chi connectivity index (χ0v) is 13.4. The van der Waals surface area contributed by atoms with Crippen molar-refractivity contribution in [3.63, 3.8) is 0 Å². The minimum Gasteiger partial charge on any atom is -0.392 e. The lowest BCUT2D eigenvalue weighted by molar-refractivity contribution is 0.274. The molecule has 21 heavy (non-hydrogen) atoms. The summed E-state index contributed by atoms with van der Waals surface area (Å²) in [6.07, 6.45) is 2.93. The van der Waals surface area contributed by atoms with E-state index in [0.717, 1.165) is 6.07 Å². The van der Waals surface area contributed by atoms with Gasteiger partial charge in [-0.3, -0.25) is 9.71 Å². The molecule has 2 aromatic rings. The minimum atomic E-state index is -4.12. The molecule has 1 heterocycles. The highest BCUT2D eigenvalue weighted by Gasteiger charge is 2.23. The lowest BCUT2D eigenvalue weighted by Crippen LogP contribution is -2.16. The zero-order chi connectivity index (χ0) is 15.6. The first-order valence-electron chi connectivity index (χ1n) is 5.87. The first-order chi connectivity index (χ1) is 9.85. The van der Waals surface area contributed by atoms with Gasteiger partial charge < -0.3 is 5.11 Å². The maximum atomic E-state index is 14.1. The number of aryl methyl sites for hydroxylation is 1. The van der Waals surface area contributed by atoms with Crippen LogP contribution in [0.25, 0.3) is 0 Å². The molecular formula is C13H12BrFN2O3S. The predicted molar refractivity (Wildman–Crippen MR) is 79.8 cm³/mol. The fraction of sp³-hybridized carbons (Fsp3) is 0.154. The molecule has 0 atom stereocenters. The first kappa shape index (κ1) is 15.9. The molecular weight excluding hydrogens is 363 g/mol. The van der Waals surface area contributed by atoms with Crippen molar-refractivity contribution in [2.75, 3.05) is 4.72 Å². The van der Waals surface area contributed by atoms with Crippen molar-refractivity contribution in [1.29, 1.82) is 0 Å². The van der Waals surface area contributed by atoms with Gasteiger partial charge in [-0.2, -0.15) is 0 Å². The van der Waals surface area contributed by atoms with Gasteiger partial charge in [0.05, 0.1) is 12.3 Å². The van der Waals surface area contributed by atoms with E-state index < -0.39 is 27.3 Å². The van der Waals surface area contributed by atoms with Crippen LogP contribution in [0.4, 0.5) is 10.1 Å². The highest BCUT2D eigenvalue weighted by Crippen LogP contribution is 2.26. The molecule has 0 saturated carbocycles. The second-order valence-electron chi connectivity index (χ2n) is 4.33. The Balaban J connectivity index is 2.50. The SMILES string of the molecule is Cc1cnccc1NS(=O)(=O)c1cc(Br)cc(CO)c1F.